The molecule has 1 aromatic carbocycles. The lowest BCUT2D eigenvalue weighted by atomic mass is 10.2. The van der Waals surface area contributed by atoms with Gasteiger partial charge in [-0.15, -0.1) is 0 Å². The zero-order valence-electron chi connectivity index (χ0n) is 11.9. The van der Waals surface area contributed by atoms with Gasteiger partial charge >= 0.3 is 5.97 Å². The summed E-state index contributed by atoms with van der Waals surface area (Å²) in [7, 11) is 2.85. The maximum absolute atomic E-state index is 12.5. The number of carbonyl (C=O) groups is 2. The van der Waals surface area contributed by atoms with E-state index in [0.717, 1.165) is 0 Å². The minimum Gasteiger partial charge on any atom is -0.469 e. The molecule has 1 aromatic rings. The summed E-state index contributed by atoms with van der Waals surface area (Å²) >= 11 is 11.8. The van der Waals surface area contributed by atoms with Crippen LogP contribution in [0.4, 0.5) is 0 Å². The summed E-state index contributed by atoms with van der Waals surface area (Å²) < 4.78 is 9.56. The lowest BCUT2D eigenvalue weighted by Gasteiger charge is -2.22. The number of halogens is 2. The van der Waals surface area contributed by atoms with Crippen LogP contribution in [0.1, 0.15) is 16.8 Å². The molecule has 1 rings (SSSR count). The van der Waals surface area contributed by atoms with E-state index in [1.165, 1.54) is 24.1 Å². The van der Waals surface area contributed by atoms with Gasteiger partial charge in [-0.05, 0) is 18.2 Å². The van der Waals surface area contributed by atoms with Crippen molar-refractivity contribution in [1.82, 2.24) is 4.90 Å². The van der Waals surface area contributed by atoms with Gasteiger partial charge in [0.1, 0.15) is 0 Å². The second kappa shape index (κ2) is 8.87. The van der Waals surface area contributed by atoms with Gasteiger partial charge in [-0.2, -0.15) is 0 Å². The third kappa shape index (κ3) is 5.91. The van der Waals surface area contributed by atoms with Crippen LogP contribution in [0, 0.1) is 0 Å². The second-order valence-corrected chi connectivity index (χ2v) is 5.14. The zero-order valence-corrected chi connectivity index (χ0v) is 13.4. The molecule has 116 valence electrons. The number of rotatable bonds is 7. The first-order chi connectivity index (χ1) is 9.97. The topological polar surface area (TPSA) is 55.8 Å². The summed E-state index contributed by atoms with van der Waals surface area (Å²) in [4.78, 5) is 25.2. The van der Waals surface area contributed by atoms with E-state index in [4.69, 9.17) is 27.9 Å². The second-order valence-electron chi connectivity index (χ2n) is 4.27. The van der Waals surface area contributed by atoms with Gasteiger partial charge < -0.3 is 14.4 Å². The molecule has 0 N–H and O–H groups in total. The molecule has 1 amide bonds. The van der Waals surface area contributed by atoms with Crippen LogP contribution in [0.3, 0.4) is 0 Å². The Morgan fingerprint density at radius 2 is 1.71 bits per heavy atom. The van der Waals surface area contributed by atoms with Crippen LogP contribution in [-0.2, 0) is 14.3 Å². The first-order valence-corrected chi connectivity index (χ1v) is 7.04. The average molecular weight is 334 g/mol. The average Bonchev–Trinajstić information content (AvgIpc) is 2.45. The Bertz CT molecular complexity index is 487. The first-order valence-electron chi connectivity index (χ1n) is 6.29. The van der Waals surface area contributed by atoms with Crippen LogP contribution in [0.15, 0.2) is 18.2 Å². The quantitative estimate of drug-likeness (QED) is 0.720. The highest BCUT2D eigenvalue weighted by Crippen LogP contribution is 2.20. The van der Waals surface area contributed by atoms with Gasteiger partial charge in [0.25, 0.3) is 5.91 Å². The number of amides is 1. The maximum Gasteiger partial charge on any atom is 0.307 e. The van der Waals surface area contributed by atoms with E-state index in [9.17, 15) is 9.59 Å². The smallest absolute Gasteiger partial charge is 0.307 e. The van der Waals surface area contributed by atoms with Crippen LogP contribution in [0.5, 0.6) is 0 Å². The maximum atomic E-state index is 12.5. The summed E-state index contributed by atoms with van der Waals surface area (Å²) in [6.07, 6.45) is 0.111. The Morgan fingerprint density at radius 1 is 1.10 bits per heavy atom. The molecule has 5 nitrogen and oxygen atoms in total. The van der Waals surface area contributed by atoms with Crippen molar-refractivity contribution in [2.75, 3.05) is 33.9 Å². The van der Waals surface area contributed by atoms with E-state index in [-0.39, 0.29) is 24.8 Å². The van der Waals surface area contributed by atoms with E-state index in [1.807, 2.05) is 0 Å². The van der Waals surface area contributed by atoms with E-state index in [2.05, 4.69) is 4.74 Å². The minimum absolute atomic E-state index is 0.111. The molecule has 0 bridgehead atoms. The lowest BCUT2D eigenvalue weighted by Crippen LogP contribution is -2.35. The van der Waals surface area contributed by atoms with E-state index >= 15 is 0 Å². The number of ether oxygens (including phenoxy) is 2. The highest BCUT2D eigenvalue weighted by molar-refractivity contribution is 6.35. The summed E-state index contributed by atoms with van der Waals surface area (Å²) in [5.41, 5.74) is 0.369. The van der Waals surface area contributed by atoms with Crippen LogP contribution in [0.2, 0.25) is 10.0 Å². The number of carbonyl (C=O) groups excluding carboxylic acids is 2. The lowest BCUT2D eigenvalue weighted by molar-refractivity contribution is -0.140. The molecule has 0 atom stereocenters. The molecule has 0 fully saturated rings. The van der Waals surface area contributed by atoms with Gasteiger partial charge in [0, 0.05) is 35.8 Å². The summed E-state index contributed by atoms with van der Waals surface area (Å²) in [5.74, 6) is -0.644. The predicted octanol–water partition coefficient (Wildman–Crippen LogP) is 2.65. The molecule has 0 aromatic heterocycles. The highest BCUT2D eigenvalue weighted by atomic mass is 35.5. The fraction of sp³-hybridized carbons (Fsp3) is 0.429. The number of nitrogens with zero attached hydrogens (tertiary/aromatic N) is 1. The van der Waals surface area contributed by atoms with Gasteiger partial charge in [0.05, 0.1) is 20.1 Å². The largest absolute Gasteiger partial charge is 0.469 e. The number of methoxy groups -OCH3 is 2. The van der Waals surface area contributed by atoms with Crippen LogP contribution in [-0.4, -0.2) is 50.7 Å². The number of benzene rings is 1. The molecule has 7 heteroatoms. The normalized spacial score (nSPS) is 10.3. The van der Waals surface area contributed by atoms with Crippen molar-refractivity contribution >= 4 is 35.1 Å². The fourth-order valence-corrected chi connectivity index (χ4v) is 2.23. The van der Waals surface area contributed by atoms with Crippen molar-refractivity contribution in [2.24, 2.45) is 0 Å². The van der Waals surface area contributed by atoms with E-state index in [1.54, 1.807) is 13.2 Å². The number of hydrogen-bond acceptors (Lipinski definition) is 4. The molecule has 0 aliphatic heterocycles. The number of esters is 1. The summed E-state index contributed by atoms with van der Waals surface area (Å²) in [6, 6.07) is 4.62. The van der Waals surface area contributed by atoms with Gasteiger partial charge in [-0.1, -0.05) is 23.2 Å². The monoisotopic (exact) mass is 333 g/mol. The molecular weight excluding hydrogens is 317 g/mol. The fourth-order valence-electron chi connectivity index (χ4n) is 1.70. The SMILES string of the molecule is COCCN(CCC(=O)OC)C(=O)c1cc(Cl)cc(Cl)c1. The van der Waals surface area contributed by atoms with E-state index in [0.29, 0.717) is 28.8 Å². The van der Waals surface area contributed by atoms with Gasteiger partial charge in [-0.25, -0.2) is 0 Å². The third-order valence-corrected chi connectivity index (χ3v) is 3.21. The van der Waals surface area contributed by atoms with Crippen LogP contribution >= 0.6 is 23.2 Å². The molecule has 0 aliphatic carbocycles. The molecular formula is C14H17Cl2NO4. The Labute approximate surface area is 133 Å². The van der Waals surface area contributed by atoms with Crippen molar-refractivity contribution in [3.63, 3.8) is 0 Å². The summed E-state index contributed by atoms with van der Waals surface area (Å²) in [5, 5.41) is 0.760. The summed E-state index contributed by atoms with van der Waals surface area (Å²) in [6.45, 7) is 0.955. The molecule has 0 heterocycles. The molecule has 0 saturated carbocycles. The molecule has 0 unspecified atom stereocenters. The van der Waals surface area contributed by atoms with E-state index < -0.39 is 0 Å². The molecule has 0 spiro atoms. The van der Waals surface area contributed by atoms with Crippen molar-refractivity contribution in [1.29, 1.82) is 0 Å². The molecule has 21 heavy (non-hydrogen) atoms. The third-order valence-electron chi connectivity index (χ3n) is 2.78. The van der Waals surface area contributed by atoms with Gasteiger partial charge in [0.2, 0.25) is 0 Å². The van der Waals surface area contributed by atoms with Crippen LogP contribution in [0.25, 0.3) is 0 Å². The Hall–Kier alpha value is -1.30. The highest BCUT2D eigenvalue weighted by Gasteiger charge is 2.18. The zero-order chi connectivity index (χ0) is 15.8. The number of hydrogen-bond donors (Lipinski definition) is 0. The Morgan fingerprint density at radius 3 is 2.24 bits per heavy atom. The van der Waals surface area contributed by atoms with Crippen molar-refractivity contribution in [3.8, 4) is 0 Å². The van der Waals surface area contributed by atoms with Crippen LogP contribution < -0.4 is 0 Å². The Kier molecular flexibility index (Phi) is 7.50. The van der Waals surface area contributed by atoms with Crippen molar-refractivity contribution in [2.45, 2.75) is 6.42 Å². The molecule has 0 saturated heterocycles. The standard InChI is InChI=1S/C14H17Cl2NO4/c1-20-6-5-17(4-3-13(18)21-2)14(19)10-7-11(15)9-12(16)8-10/h7-9H,3-6H2,1-2H3. The molecule has 0 aliphatic rings. The molecule has 0 radical (unpaired) electrons. The minimum atomic E-state index is -0.380. The van der Waals surface area contributed by atoms with Gasteiger partial charge in [0.15, 0.2) is 0 Å². The Balaban J connectivity index is 2.84. The van der Waals surface area contributed by atoms with Crippen molar-refractivity contribution < 1.29 is 19.1 Å². The van der Waals surface area contributed by atoms with Crippen molar-refractivity contribution in [3.05, 3.63) is 33.8 Å². The first kappa shape index (κ1) is 17.8. The predicted molar refractivity (Wildman–Crippen MR) is 80.9 cm³/mol. The van der Waals surface area contributed by atoms with Gasteiger partial charge in [-0.3, -0.25) is 9.59 Å².